The summed E-state index contributed by atoms with van der Waals surface area (Å²) >= 11 is 1.69. The lowest BCUT2D eigenvalue weighted by molar-refractivity contribution is -0.133. The zero-order valence-electron chi connectivity index (χ0n) is 21.1. The summed E-state index contributed by atoms with van der Waals surface area (Å²) in [5.41, 5.74) is 1.47. The fourth-order valence-corrected chi connectivity index (χ4v) is 7.57. The molecule has 186 valence electrons. The average Bonchev–Trinajstić information content (AvgIpc) is 3.21. The van der Waals surface area contributed by atoms with Crippen LogP contribution in [0.4, 0.5) is 0 Å². The van der Waals surface area contributed by atoms with Crippen LogP contribution in [0.5, 0.6) is 0 Å². The number of aromatic nitrogens is 2. The van der Waals surface area contributed by atoms with Gasteiger partial charge in [0.1, 0.15) is 10.7 Å². The highest BCUT2D eigenvalue weighted by atomic mass is 32.1. The maximum Gasteiger partial charge on any atom is 0.259 e. The van der Waals surface area contributed by atoms with E-state index in [0.717, 1.165) is 61.7 Å². The minimum Gasteiger partial charge on any atom is -0.340 e. The van der Waals surface area contributed by atoms with Gasteiger partial charge in [0, 0.05) is 49.9 Å². The third kappa shape index (κ3) is 4.97. The Morgan fingerprint density at radius 2 is 1.82 bits per heavy atom. The van der Waals surface area contributed by atoms with Crippen LogP contribution in [0.15, 0.2) is 4.79 Å². The molecule has 1 atom stereocenters. The molecule has 2 aromatic heterocycles. The Bertz CT molecular complexity index is 1080. The Balaban J connectivity index is 1.20. The minimum absolute atomic E-state index is 0.0275. The maximum absolute atomic E-state index is 13.0. The molecule has 5 rings (SSSR count). The van der Waals surface area contributed by atoms with Gasteiger partial charge in [-0.05, 0) is 49.0 Å². The summed E-state index contributed by atoms with van der Waals surface area (Å²) in [5.74, 6) is 1.48. The first kappa shape index (κ1) is 24.0. The van der Waals surface area contributed by atoms with Gasteiger partial charge in [-0.3, -0.25) is 14.5 Å². The average molecular weight is 485 g/mol. The van der Waals surface area contributed by atoms with E-state index in [1.807, 2.05) is 4.90 Å². The Labute approximate surface area is 207 Å². The number of carbonyl (C=O) groups is 1. The molecule has 34 heavy (non-hydrogen) atoms. The number of amides is 1. The SMILES string of the molecule is CC(C)(C)C1CCc2c(sc3nc(CCC(=O)N4CCN(C5CCCCC5)CC4)[nH]c(=O)c23)C1. The molecule has 3 heterocycles. The number of fused-ring (bicyclic) bond motifs is 3. The number of nitrogens with one attached hydrogen (secondary N) is 1. The van der Waals surface area contributed by atoms with E-state index < -0.39 is 0 Å². The topological polar surface area (TPSA) is 69.3 Å². The molecule has 0 radical (unpaired) electrons. The fourth-order valence-electron chi connectivity index (χ4n) is 6.25. The Morgan fingerprint density at radius 3 is 2.53 bits per heavy atom. The number of hydrogen-bond donors (Lipinski definition) is 1. The van der Waals surface area contributed by atoms with Crippen molar-refractivity contribution in [2.75, 3.05) is 26.2 Å². The molecular weight excluding hydrogens is 444 g/mol. The van der Waals surface area contributed by atoms with Crippen LogP contribution in [-0.4, -0.2) is 57.9 Å². The monoisotopic (exact) mass is 484 g/mol. The van der Waals surface area contributed by atoms with E-state index in [1.54, 1.807) is 11.3 Å². The molecule has 0 bridgehead atoms. The zero-order valence-corrected chi connectivity index (χ0v) is 21.9. The smallest absolute Gasteiger partial charge is 0.259 e. The number of H-pyrrole nitrogens is 1. The lowest BCUT2D eigenvalue weighted by Crippen LogP contribution is -2.52. The molecule has 3 aliphatic rings. The van der Waals surface area contributed by atoms with Crippen molar-refractivity contribution in [3.63, 3.8) is 0 Å². The van der Waals surface area contributed by atoms with Gasteiger partial charge in [-0.1, -0.05) is 40.0 Å². The molecule has 1 saturated heterocycles. The van der Waals surface area contributed by atoms with Crippen LogP contribution in [-0.2, 0) is 24.1 Å². The van der Waals surface area contributed by atoms with Crippen molar-refractivity contribution in [3.05, 3.63) is 26.6 Å². The molecule has 0 spiro atoms. The summed E-state index contributed by atoms with van der Waals surface area (Å²) < 4.78 is 0. The van der Waals surface area contributed by atoms with Gasteiger partial charge in [-0.25, -0.2) is 4.98 Å². The summed E-state index contributed by atoms with van der Waals surface area (Å²) in [5, 5.41) is 0.793. The normalized spacial score (nSPS) is 22.8. The van der Waals surface area contributed by atoms with Crippen molar-refractivity contribution >= 4 is 27.5 Å². The molecule has 2 aromatic rings. The Hall–Kier alpha value is -1.73. The summed E-state index contributed by atoms with van der Waals surface area (Å²) in [6.45, 7) is 10.6. The number of piperazine rings is 1. The Kier molecular flexibility index (Phi) is 6.86. The van der Waals surface area contributed by atoms with Crippen LogP contribution in [0, 0.1) is 11.3 Å². The molecular formula is C27H40N4O2S. The van der Waals surface area contributed by atoms with Crippen molar-refractivity contribution in [1.82, 2.24) is 19.8 Å². The first-order valence-corrected chi connectivity index (χ1v) is 14.2. The molecule has 6 nitrogen and oxygen atoms in total. The highest BCUT2D eigenvalue weighted by Crippen LogP contribution is 2.42. The van der Waals surface area contributed by atoms with E-state index in [0.29, 0.717) is 24.6 Å². The largest absolute Gasteiger partial charge is 0.340 e. The maximum atomic E-state index is 13.0. The number of rotatable bonds is 4. The van der Waals surface area contributed by atoms with Crippen LogP contribution in [0.1, 0.15) is 82.0 Å². The standard InChI is InChI=1S/C27H40N4O2S/c1-27(2,3)18-9-10-20-21(17-18)34-26-24(20)25(33)28-22(29-26)11-12-23(32)31-15-13-30(14-16-31)19-7-5-4-6-8-19/h18-19H,4-17H2,1-3H3,(H,28,29,33). The molecule has 1 aliphatic heterocycles. The van der Waals surface area contributed by atoms with Crippen molar-refractivity contribution in [1.29, 1.82) is 0 Å². The van der Waals surface area contributed by atoms with Gasteiger partial charge >= 0.3 is 0 Å². The predicted molar refractivity (Wildman–Crippen MR) is 139 cm³/mol. The van der Waals surface area contributed by atoms with Gasteiger partial charge in [0.05, 0.1) is 5.39 Å². The number of carbonyl (C=O) groups excluding carboxylic acids is 1. The highest BCUT2D eigenvalue weighted by Gasteiger charge is 2.32. The molecule has 1 unspecified atom stereocenters. The van der Waals surface area contributed by atoms with Crippen molar-refractivity contribution in [3.8, 4) is 0 Å². The third-order valence-corrected chi connectivity index (χ3v) is 9.67. The molecule has 2 aliphatic carbocycles. The lowest BCUT2D eigenvalue weighted by atomic mass is 9.72. The van der Waals surface area contributed by atoms with Crippen molar-refractivity contribution in [2.24, 2.45) is 11.3 Å². The number of aromatic amines is 1. The van der Waals surface area contributed by atoms with Crippen LogP contribution < -0.4 is 5.56 Å². The second kappa shape index (κ2) is 9.73. The zero-order chi connectivity index (χ0) is 23.9. The first-order chi connectivity index (χ1) is 16.3. The van der Waals surface area contributed by atoms with E-state index in [-0.39, 0.29) is 16.9 Å². The van der Waals surface area contributed by atoms with Crippen LogP contribution in [0.3, 0.4) is 0 Å². The van der Waals surface area contributed by atoms with Gasteiger partial charge in [0.15, 0.2) is 0 Å². The number of nitrogens with zero attached hydrogens (tertiary/aromatic N) is 3. The van der Waals surface area contributed by atoms with Gasteiger partial charge < -0.3 is 9.88 Å². The van der Waals surface area contributed by atoms with Crippen LogP contribution in [0.2, 0.25) is 0 Å². The molecule has 2 fully saturated rings. The van der Waals surface area contributed by atoms with E-state index in [2.05, 4.69) is 30.7 Å². The quantitative estimate of drug-likeness (QED) is 0.692. The van der Waals surface area contributed by atoms with Crippen molar-refractivity contribution in [2.45, 2.75) is 91.0 Å². The third-order valence-electron chi connectivity index (χ3n) is 8.53. The second-order valence-corrected chi connectivity index (χ2v) is 12.8. The fraction of sp³-hybridized carbons (Fsp3) is 0.741. The summed E-state index contributed by atoms with van der Waals surface area (Å²) in [6, 6.07) is 0.724. The number of thiophene rings is 1. The minimum atomic E-state index is -0.0275. The van der Waals surface area contributed by atoms with Crippen LogP contribution >= 0.6 is 11.3 Å². The van der Waals surface area contributed by atoms with Gasteiger partial charge in [0.2, 0.25) is 5.91 Å². The molecule has 1 N–H and O–H groups in total. The summed E-state index contributed by atoms with van der Waals surface area (Å²) in [4.78, 5) is 40.4. The Morgan fingerprint density at radius 1 is 1.09 bits per heavy atom. The lowest BCUT2D eigenvalue weighted by Gasteiger charge is -2.40. The molecule has 1 amide bonds. The predicted octanol–water partition coefficient (Wildman–Crippen LogP) is 4.55. The highest BCUT2D eigenvalue weighted by molar-refractivity contribution is 7.18. The van der Waals surface area contributed by atoms with E-state index in [1.165, 1.54) is 42.5 Å². The van der Waals surface area contributed by atoms with Gasteiger partial charge in [-0.15, -0.1) is 11.3 Å². The molecule has 7 heteroatoms. The van der Waals surface area contributed by atoms with Crippen molar-refractivity contribution < 1.29 is 4.79 Å². The molecule has 1 saturated carbocycles. The first-order valence-electron chi connectivity index (χ1n) is 13.3. The number of aryl methyl sites for hydroxylation is 2. The van der Waals surface area contributed by atoms with E-state index >= 15 is 0 Å². The summed E-state index contributed by atoms with van der Waals surface area (Å²) in [6.07, 6.45) is 10.8. The number of hydrogen-bond acceptors (Lipinski definition) is 5. The van der Waals surface area contributed by atoms with E-state index in [9.17, 15) is 9.59 Å². The van der Waals surface area contributed by atoms with Gasteiger partial charge in [0.25, 0.3) is 5.56 Å². The molecule has 0 aromatic carbocycles. The second-order valence-electron chi connectivity index (χ2n) is 11.7. The van der Waals surface area contributed by atoms with Gasteiger partial charge in [-0.2, -0.15) is 0 Å². The van der Waals surface area contributed by atoms with E-state index in [4.69, 9.17) is 4.98 Å². The van der Waals surface area contributed by atoms with Crippen LogP contribution in [0.25, 0.3) is 10.2 Å². The summed E-state index contributed by atoms with van der Waals surface area (Å²) in [7, 11) is 0.